The van der Waals surface area contributed by atoms with E-state index in [4.69, 9.17) is 14.2 Å². The van der Waals surface area contributed by atoms with Crippen molar-refractivity contribution < 1.29 is 19.0 Å². The normalized spacial score (nSPS) is 13.3. The first-order valence-corrected chi connectivity index (χ1v) is 9.17. The molecule has 0 saturated carbocycles. The number of nitrogens with one attached hydrogen (secondary N) is 2. The zero-order valence-corrected chi connectivity index (χ0v) is 16.0. The van der Waals surface area contributed by atoms with E-state index in [-0.39, 0.29) is 18.9 Å². The largest absolute Gasteiger partial charge is 0.493 e. The maximum atomic E-state index is 12.2. The smallest absolute Gasteiger partial charge is 0.315 e. The topological polar surface area (TPSA) is 68.8 Å². The summed E-state index contributed by atoms with van der Waals surface area (Å²) < 4.78 is 16.3. The van der Waals surface area contributed by atoms with Crippen molar-refractivity contribution in [2.75, 3.05) is 13.4 Å². The lowest BCUT2D eigenvalue weighted by atomic mass is 10.1. The van der Waals surface area contributed by atoms with Crippen LogP contribution in [0.5, 0.6) is 17.2 Å². The van der Waals surface area contributed by atoms with Crippen molar-refractivity contribution in [2.45, 2.75) is 33.4 Å². The zero-order chi connectivity index (χ0) is 19.2. The molecule has 0 fully saturated rings. The number of carbonyl (C=O) groups is 1. The van der Waals surface area contributed by atoms with Crippen molar-refractivity contribution in [2.24, 2.45) is 5.92 Å². The van der Waals surface area contributed by atoms with E-state index in [1.807, 2.05) is 49.4 Å². The second-order valence-corrected chi connectivity index (χ2v) is 7.01. The second-order valence-electron chi connectivity index (χ2n) is 7.01. The first-order valence-electron chi connectivity index (χ1n) is 9.17. The Balaban J connectivity index is 1.46. The van der Waals surface area contributed by atoms with Gasteiger partial charge in [0.05, 0.1) is 12.6 Å². The summed E-state index contributed by atoms with van der Waals surface area (Å²) in [6, 6.07) is 13.1. The van der Waals surface area contributed by atoms with E-state index in [9.17, 15) is 4.79 Å². The lowest BCUT2D eigenvalue weighted by Gasteiger charge is -2.16. The highest BCUT2D eigenvalue weighted by Gasteiger charge is 2.16. The quantitative estimate of drug-likeness (QED) is 0.773. The van der Waals surface area contributed by atoms with Crippen LogP contribution in [0.1, 0.15) is 37.9 Å². The molecule has 27 heavy (non-hydrogen) atoms. The number of amides is 2. The van der Waals surface area contributed by atoms with Crippen LogP contribution in [0.3, 0.4) is 0 Å². The predicted octanol–water partition coefficient (Wildman–Crippen LogP) is 4.01. The molecule has 3 rings (SSSR count). The SMILES string of the molecule is CC(C)COc1ccc(CNC(=O)NC(C)c2ccc3c(c2)OCO3)cc1. The molecule has 0 spiro atoms. The highest BCUT2D eigenvalue weighted by atomic mass is 16.7. The predicted molar refractivity (Wildman–Crippen MR) is 103 cm³/mol. The van der Waals surface area contributed by atoms with E-state index in [2.05, 4.69) is 24.5 Å². The van der Waals surface area contributed by atoms with Crippen LogP contribution < -0.4 is 24.8 Å². The molecule has 2 aromatic rings. The van der Waals surface area contributed by atoms with Crippen LogP contribution in [0.2, 0.25) is 0 Å². The minimum absolute atomic E-state index is 0.147. The maximum absolute atomic E-state index is 12.2. The maximum Gasteiger partial charge on any atom is 0.315 e. The van der Waals surface area contributed by atoms with Crippen LogP contribution in [-0.2, 0) is 6.54 Å². The molecule has 1 aliphatic rings. The van der Waals surface area contributed by atoms with Gasteiger partial charge in [0.1, 0.15) is 5.75 Å². The van der Waals surface area contributed by atoms with Gasteiger partial charge in [0, 0.05) is 6.54 Å². The van der Waals surface area contributed by atoms with E-state index in [1.54, 1.807) is 0 Å². The summed E-state index contributed by atoms with van der Waals surface area (Å²) in [4.78, 5) is 12.2. The molecule has 2 N–H and O–H groups in total. The van der Waals surface area contributed by atoms with Crippen molar-refractivity contribution in [3.63, 3.8) is 0 Å². The molecule has 1 heterocycles. The molecule has 0 aliphatic carbocycles. The van der Waals surface area contributed by atoms with Crippen LogP contribution in [0.4, 0.5) is 4.79 Å². The van der Waals surface area contributed by atoms with Crippen LogP contribution in [0.15, 0.2) is 42.5 Å². The number of hydrogen-bond acceptors (Lipinski definition) is 4. The molecule has 2 aromatic carbocycles. The van der Waals surface area contributed by atoms with Gasteiger partial charge in [0.2, 0.25) is 6.79 Å². The molecule has 1 unspecified atom stereocenters. The number of urea groups is 1. The monoisotopic (exact) mass is 370 g/mol. The number of benzene rings is 2. The molecule has 1 aliphatic heterocycles. The Morgan fingerprint density at radius 1 is 1.07 bits per heavy atom. The molecule has 144 valence electrons. The average molecular weight is 370 g/mol. The summed E-state index contributed by atoms with van der Waals surface area (Å²) in [6.07, 6.45) is 0. The van der Waals surface area contributed by atoms with Crippen LogP contribution >= 0.6 is 0 Å². The first-order chi connectivity index (χ1) is 13.0. The number of hydrogen-bond donors (Lipinski definition) is 2. The summed E-state index contributed by atoms with van der Waals surface area (Å²) in [5, 5.41) is 5.81. The molecule has 0 bridgehead atoms. The number of fused-ring (bicyclic) bond motifs is 1. The third-order valence-electron chi connectivity index (χ3n) is 4.20. The molecule has 0 radical (unpaired) electrons. The Morgan fingerprint density at radius 3 is 2.56 bits per heavy atom. The summed E-state index contributed by atoms with van der Waals surface area (Å²) in [7, 11) is 0. The Kier molecular flexibility index (Phi) is 6.06. The van der Waals surface area contributed by atoms with Gasteiger partial charge < -0.3 is 24.8 Å². The van der Waals surface area contributed by atoms with Crippen molar-refractivity contribution in [3.05, 3.63) is 53.6 Å². The zero-order valence-electron chi connectivity index (χ0n) is 16.0. The van der Waals surface area contributed by atoms with Crippen molar-refractivity contribution in [3.8, 4) is 17.2 Å². The third kappa shape index (κ3) is 5.29. The first kappa shape index (κ1) is 18.9. The van der Waals surface area contributed by atoms with Gasteiger partial charge >= 0.3 is 6.03 Å². The fraction of sp³-hybridized carbons (Fsp3) is 0.381. The Morgan fingerprint density at radius 2 is 1.81 bits per heavy atom. The molecule has 0 saturated heterocycles. The standard InChI is InChI=1S/C21H26N2O4/c1-14(2)12-25-18-7-4-16(5-8-18)11-22-21(24)23-15(3)17-6-9-19-20(10-17)27-13-26-19/h4-10,14-15H,11-13H2,1-3H3,(H2,22,23,24). The average Bonchev–Trinajstić information content (AvgIpc) is 3.13. The second kappa shape index (κ2) is 8.66. The van der Waals surface area contributed by atoms with Gasteiger partial charge in [-0.15, -0.1) is 0 Å². The fourth-order valence-electron chi connectivity index (χ4n) is 2.66. The summed E-state index contributed by atoms with van der Waals surface area (Å²) in [5.41, 5.74) is 1.97. The van der Waals surface area contributed by atoms with Gasteiger partial charge in [-0.1, -0.05) is 32.0 Å². The van der Waals surface area contributed by atoms with Crippen molar-refractivity contribution in [1.29, 1.82) is 0 Å². The summed E-state index contributed by atoms with van der Waals surface area (Å²) in [6.45, 7) is 7.53. The molecule has 6 nitrogen and oxygen atoms in total. The van der Waals surface area contributed by atoms with E-state index >= 15 is 0 Å². The Labute approximate surface area is 159 Å². The molecule has 6 heteroatoms. The van der Waals surface area contributed by atoms with Crippen molar-refractivity contribution in [1.82, 2.24) is 10.6 Å². The Bertz CT molecular complexity index is 774. The van der Waals surface area contributed by atoms with Crippen LogP contribution in [0, 0.1) is 5.92 Å². The summed E-state index contributed by atoms with van der Waals surface area (Å²) >= 11 is 0. The number of ether oxygens (including phenoxy) is 3. The molecular formula is C21H26N2O4. The van der Waals surface area contributed by atoms with Gasteiger partial charge in [-0.2, -0.15) is 0 Å². The van der Waals surface area contributed by atoms with Gasteiger partial charge in [0.15, 0.2) is 11.5 Å². The van der Waals surface area contributed by atoms with E-state index in [0.717, 1.165) is 22.6 Å². The minimum atomic E-state index is -0.222. The van der Waals surface area contributed by atoms with Crippen LogP contribution in [-0.4, -0.2) is 19.4 Å². The molecular weight excluding hydrogens is 344 g/mol. The lowest BCUT2D eigenvalue weighted by Crippen LogP contribution is -2.36. The van der Waals surface area contributed by atoms with E-state index in [0.29, 0.717) is 24.8 Å². The number of carbonyl (C=O) groups excluding carboxylic acids is 1. The summed E-state index contributed by atoms with van der Waals surface area (Å²) in [5.74, 6) is 2.77. The van der Waals surface area contributed by atoms with Crippen LogP contribution in [0.25, 0.3) is 0 Å². The highest BCUT2D eigenvalue weighted by molar-refractivity contribution is 5.74. The van der Waals surface area contributed by atoms with Gasteiger partial charge in [-0.25, -0.2) is 4.79 Å². The van der Waals surface area contributed by atoms with E-state index < -0.39 is 0 Å². The molecule has 1 atom stereocenters. The van der Waals surface area contributed by atoms with Gasteiger partial charge in [-0.3, -0.25) is 0 Å². The van der Waals surface area contributed by atoms with Gasteiger partial charge in [0.25, 0.3) is 0 Å². The van der Waals surface area contributed by atoms with Gasteiger partial charge in [-0.05, 0) is 48.2 Å². The lowest BCUT2D eigenvalue weighted by molar-refractivity contribution is 0.174. The molecule has 2 amide bonds. The molecule has 0 aromatic heterocycles. The van der Waals surface area contributed by atoms with E-state index in [1.165, 1.54) is 0 Å². The van der Waals surface area contributed by atoms with Crippen molar-refractivity contribution >= 4 is 6.03 Å². The highest BCUT2D eigenvalue weighted by Crippen LogP contribution is 2.34. The third-order valence-corrected chi connectivity index (χ3v) is 4.20. The Hall–Kier alpha value is -2.89. The fourth-order valence-corrected chi connectivity index (χ4v) is 2.66. The number of rotatable bonds is 7. The minimum Gasteiger partial charge on any atom is -0.493 e.